The maximum absolute atomic E-state index is 13.7. The lowest BCUT2D eigenvalue weighted by Gasteiger charge is -2.39. The third-order valence-corrected chi connectivity index (χ3v) is 10.7. The standard InChI is InChI=1S/C32H38N4O5S/c1-4-35-30-13-12-25(42(39,40)34-14-16-41-17-15-34)19-27(30)28(32(35)38)18-24-20-33(29-11-6-5-10-26(24)29)21-31(37)36-22(2)8-7-9-23(36)3/h5-6,10-13,18-20,22-23H,4,7-9,14-17,21H2,1-3H3. The Labute approximate surface area is 247 Å². The summed E-state index contributed by atoms with van der Waals surface area (Å²) < 4.78 is 35.7. The zero-order valence-corrected chi connectivity index (χ0v) is 25.3. The molecule has 0 N–H and O–H groups in total. The summed E-state index contributed by atoms with van der Waals surface area (Å²) in [6.07, 6.45) is 6.94. The van der Waals surface area contributed by atoms with Crippen LogP contribution in [0.15, 0.2) is 53.6 Å². The topological polar surface area (TPSA) is 92.2 Å². The third kappa shape index (κ3) is 4.95. The van der Waals surface area contributed by atoms with Crippen molar-refractivity contribution < 1.29 is 22.7 Å². The van der Waals surface area contributed by atoms with E-state index in [0.29, 0.717) is 49.7 Å². The van der Waals surface area contributed by atoms with Gasteiger partial charge in [-0.15, -0.1) is 0 Å². The first-order valence-electron chi connectivity index (χ1n) is 14.9. The Bertz CT molecular complexity index is 1660. The Morgan fingerprint density at radius 1 is 1.05 bits per heavy atom. The van der Waals surface area contributed by atoms with Crippen LogP contribution in [0.1, 0.15) is 51.2 Å². The molecule has 0 aliphatic carbocycles. The van der Waals surface area contributed by atoms with Crippen LogP contribution in [0.2, 0.25) is 0 Å². The fourth-order valence-electron chi connectivity index (χ4n) is 6.70. The molecular formula is C32H38N4O5S. The number of likely N-dealkylation sites (N-methyl/N-ethyl adjacent to an activating group) is 1. The van der Waals surface area contributed by atoms with E-state index in [1.54, 1.807) is 23.1 Å². The molecule has 6 rings (SSSR count). The first kappa shape index (κ1) is 28.6. The van der Waals surface area contributed by atoms with Gasteiger partial charge in [-0.2, -0.15) is 4.31 Å². The van der Waals surface area contributed by atoms with E-state index in [4.69, 9.17) is 4.74 Å². The molecule has 0 saturated carbocycles. The smallest absolute Gasteiger partial charge is 0.258 e. The molecule has 10 heteroatoms. The van der Waals surface area contributed by atoms with E-state index in [1.807, 2.05) is 52.9 Å². The number of rotatable bonds is 6. The number of sulfonamides is 1. The minimum Gasteiger partial charge on any atom is -0.379 e. The number of likely N-dealkylation sites (tertiary alicyclic amines) is 1. The molecule has 0 bridgehead atoms. The number of hydrogen-bond donors (Lipinski definition) is 0. The second kappa shape index (κ2) is 11.3. The average Bonchev–Trinajstić information content (AvgIpc) is 3.46. The second-order valence-corrected chi connectivity index (χ2v) is 13.4. The molecule has 2 fully saturated rings. The van der Waals surface area contributed by atoms with Gasteiger partial charge in [-0.3, -0.25) is 9.59 Å². The number of amides is 2. The van der Waals surface area contributed by atoms with E-state index in [9.17, 15) is 18.0 Å². The van der Waals surface area contributed by atoms with Gasteiger partial charge < -0.3 is 19.1 Å². The summed E-state index contributed by atoms with van der Waals surface area (Å²) in [5, 5.41) is 0.930. The zero-order valence-electron chi connectivity index (χ0n) is 24.5. The zero-order chi connectivity index (χ0) is 29.6. The van der Waals surface area contributed by atoms with E-state index < -0.39 is 10.0 Å². The van der Waals surface area contributed by atoms with Crippen molar-refractivity contribution >= 4 is 50.1 Å². The fraction of sp³-hybridized carbons (Fsp3) is 0.438. The van der Waals surface area contributed by atoms with Gasteiger partial charge in [-0.05, 0) is 70.4 Å². The SMILES string of the molecule is CCN1C(=O)C(=Cc2cn(CC(=O)N3C(C)CCCC3C)c3ccccc23)c2cc(S(=O)(=O)N3CCOCC3)ccc21. The summed E-state index contributed by atoms with van der Waals surface area (Å²) in [6, 6.07) is 13.2. The van der Waals surface area contributed by atoms with Gasteiger partial charge in [0.15, 0.2) is 0 Å². The highest BCUT2D eigenvalue weighted by atomic mass is 32.2. The maximum Gasteiger partial charge on any atom is 0.258 e. The Balaban J connectivity index is 1.40. The number of nitrogens with zero attached hydrogens (tertiary/aromatic N) is 4. The summed E-state index contributed by atoms with van der Waals surface area (Å²) in [7, 11) is -3.74. The molecule has 222 valence electrons. The van der Waals surface area contributed by atoms with E-state index in [1.165, 1.54) is 4.31 Å². The van der Waals surface area contributed by atoms with Gasteiger partial charge in [-0.1, -0.05) is 18.2 Å². The first-order chi connectivity index (χ1) is 20.2. The van der Waals surface area contributed by atoms with E-state index in [0.717, 1.165) is 35.7 Å². The van der Waals surface area contributed by atoms with Gasteiger partial charge in [0.25, 0.3) is 5.91 Å². The van der Waals surface area contributed by atoms with Crippen LogP contribution in [0.25, 0.3) is 22.6 Å². The van der Waals surface area contributed by atoms with Crippen molar-refractivity contribution in [3.05, 3.63) is 59.8 Å². The van der Waals surface area contributed by atoms with Crippen LogP contribution in [0.4, 0.5) is 5.69 Å². The number of fused-ring (bicyclic) bond motifs is 2. The lowest BCUT2D eigenvalue weighted by atomic mass is 9.97. The van der Waals surface area contributed by atoms with Crippen LogP contribution in [0, 0.1) is 0 Å². The van der Waals surface area contributed by atoms with Crippen molar-refractivity contribution in [3.63, 3.8) is 0 Å². The molecule has 3 aliphatic rings. The molecular weight excluding hydrogens is 552 g/mol. The molecule has 3 aromatic rings. The predicted octanol–water partition coefficient (Wildman–Crippen LogP) is 4.36. The van der Waals surface area contributed by atoms with Crippen molar-refractivity contribution in [3.8, 4) is 0 Å². The Morgan fingerprint density at radius 3 is 2.48 bits per heavy atom. The minimum absolute atomic E-state index is 0.0899. The number of para-hydroxylation sites is 1. The minimum atomic E-state index is -3.74. The first-order valence-corrected chi connectivity index (χ1v) is 16.3. The number of piperidine rings is 1. The predicted molar refractivity (Wildman–Crippen MR) is 163 cm³/mol. The fourth-order valence-corrected chi connectivity index (χ4v) is 8.14. The maximum atomic E-state index is 13.7. The summed E-state index contributed by atoms with van der Waals surface area (Å²) in [4.78, 5) is 31.0. The summed E-state index contributed by atoms with van der Waals surface area (Å²) >= 11 is 0. The highest BCUT2D eigenvalue weighted by Gasteiger charge is 2.35. The molecule has 2 unspecified atom stereocenters. The number of benzene rings is 2. The van der Waals surface area contributed by atoms with Crippen molar-refractivity contribution in [2.75, 3.05) is 37.7 Å². The average molecular weight is 591 g/mol. The summed E-state index contributed by atoms with van der Waals surface area (Å²) in [5.41, 5.74) is 3.46. The number of ether oxygens (including phenoxy) is 1. The normalized spacial score (nSPS) is 22.7. The van der Waals surface area contributed by atoms with Crippen LogP contribution in [0.3, 0.4) is 0 Å². The van der Waals surface area contributed by atoms with Gasteiger partial charge in [0, 0.05) is 65.5 Å². The van der Waals surface area contributed by atoms with Gasteiger partial charge in [0.1, 0.15) is 6.54 Å². The molecule has 42 heavy (non-hydrogen) atoms. The number of carbonyl (C=O) groups excluding carboxylic acids is 2. The van der Waals surface area contributed by atoms with Crippen molar-refractivity contribution in [1.82, 2.24) is 13.8 Å². The van der Waals surface area contributed by atoms with Gasteiger partial charge in [-0.25, -0.2) is 8.42 Å². The Hall–Kier alpha value is -3.47. The van der Waals surface area contributed by atoms with E-state index in [-0.39, 0.29) is 35.3 Å². The van der Waals surface area contributed by atoms with E-state index >= 15 is 0 Å². The highest BCUT2D eigenvalue weighted by Crippen LogP contribution is 2.40. The molecule has 2 atom stereocenters. The number of morpholine rings is 1. The molecule has 0 radical (unpaired) electrons. The molecule has 4 heterocycles. The highest BCUT2D eigenvalue weighted by molar-refractivity contribution is 7.89. The van der Waals surface area contributed by atoms with E-state index in [2.05, 4.69) is 13.8 Å². The lowest BCUT2D eigenvalue weighted by Crippen LogP contribution is -2.48. The van der Waals surface area contributed by atoms with Crippen molar-refractivity contribution in [2.45, 2.75) is 63.6 Å². The van der Waals surface area contributed by atoms with Crippen LogP contribution in [-0.2, 0) is 30.9 Å². The number of carbonyl (C=O) groups is 2. The largest absolute Gasteiger partial charge is 0.379 e. The summed E-state index contributed by atoms with van der Waals surface area (Å²) in [6.45, 7) is 8.14. The van der Waals surface area contributed by atoms with Gasteiger partial charge >= 0.3 is 0 Å². The molecule has 2 amide bonds. The molecule has 2 saturated heterocycles. The monoisotopic (exact) mass is 590 g/mol. The summed E-state index contributed by atoms with van der Waals surface area (Å²) in [5.74, 6) is -0.0793. The second-order valence-electron chi connectivity index (χ2n) is 11.5. The molecule has 1 aromatic heterocycles. The van der Waals surface area contributed by atoms with Crippen LogP contribution >= 0.6 is 0 Å². The molecule has 3 aliphatic heterocycles. The number of anilines is 1. The van der Waals surface area contributed by atoms with Crippen LogP contribution in [-0.4, -0.2) is 78.9 Å². The Morgan fingerprint density at radius 2 is 1.76 bits per heavy atom. The molecule has 9 nitrogen and oxygen atoms in total. The number of aromatic nitrogens is 1. The molecule has 0 spiro atoms. The van der Waals surface area contributed by atoms with Crippen molar-refractivity contribution in [2.24, 2.45) is 0 Å². The Kier molecular flexibility index (Phi) is 7.72. The molecule has 2 aromatic carbocycles. The van der Waals surface area contributed by atoms with Crippen molar-refractivity contribution in [1.29, 1.82) is 0 Å². The lowest BCUT2D eigenvalue weighted by molar-refractivity contribution is -0.137. The van der Waals surface area contributed by atoms with Gasteiger partial charge in [0.2, 0.25) is 15.9 Å². The van der Waals surface area contributed by atoms with Crippen LogP contribution < -0.4 is 4.90 Å². The van der Waals surface area contributed by atoms with Crippen LogP contribution in [0.5, 0.6) is 0 Å². The quantitative estimate of drug-likeness (QED) is 0.398. The van der Waals surface area contributed by atoms with Gasteiger partial charge in [0.05, 0.1) is 23.8 Å². The third-order valence-electron chi connectivity index (χ3n) is 8.85. The number of hydrogen-bond acceptors (Lipinski definition) is 5.